The minimum absolute atomic E-state index is 0.0139. The zero-order valence-electron chi connectivity index (χ0n) is 18.2. The number of para-hydroxylation sites is 2. The predicted molar refractivity (Wildman–Crippen MR) is 125 cm³/mol. The van der Waals surface area contributed by atoms with Gasteiger partial charge < -0.3 is 20.3 Å². The van der Waals surface area contributed by atoms with Crippen molar-refractivity contribution in [1.29, 1.82) is 0 Å². The topological polar surface area (TPSA) is 83.8 Å². The highest BCUT2D eigenvalue weighted by atomic mass is 16.5. The van der Waals surface area contributed by atoms with Gasteiger partial charge >= 0.3 is 0 Å². The van der Waals surface area contributed by atoms with Crippen LogP contribution >= 0.6 is 0 Å². The Morgan fingerprint density at radius 2 is 1.91 bits per heavy atom. The number of nitrogens with one attached hydrogen (secondary N) is 2. The van der Waals surface area contributed by atoms with Gasteiger partial charge in [-0.1, -0.05) is 36.4 Å². The number of aliphatic imine (C=N–C) groups is 1. The van der Waals surface area contributed by atoms with E-state index in [1.165, 1.54) is 11.1 Å². The number of rotatable bonds is 8. The Hall–Kier alpha value is -3.81. The average Bonchev–Trinajstić information content (AvgIpc) is 3.34. The first kappa shape index (κ1) is 21.4. The van der Waals surface area contributed by atoms with Gasteiger partial charge in [-0.3, -0.25) is 14.5 Å². The summed E-state index contributed by atoms with van der Waals surface area (Å²) in [7, 11) is 1.76. The standard InChI is InChI=1S/C24H28N6O2/c1-25-24(27-16-19-8-2-3-9-20(19)17-29-14-7-13-28-29)26-12-6-15-30-21-10-4-5-11-22(21)32-18-23(30)31/h2-5,7-11,13-14H,6,12,15-18H2,1H3,(H2,25,26,27). The number of hydrogen-bond acceptors (Lipinski definition) is 4. The molecule has 0 radical (unpaired) electrons. The molecule has 32 heavy (non-hydrogen) atoms. The number of carbonyl (C=O) groups excluding carboxylic acids is 1. The minimum atomic E-state index is -0.0139. The Kier molecular flexibility index (Phi) is 7.01. The van der Waals surface area contributed by atoms with Crippen LogP contribution in [0.25, 0.3) is 0 Å². The van der Waals surface area contributed by atoms with Gasteiger partial charge in [0.25, 0.3) is 5.91 Å². The molecule has 0 fully saturated rings. The van der Waals surface area contributed by atoms with E-state index in [-0.39, 0.29) is 12.5 Å². The van der Waals surface area contributed by atoms with Gasteiger partial charge in [0, 0.05) is 39.1 Å². The van der Waals surface area contributed by atoms with Crippen molar-refractivity contribution in [3.05, 3.63) is 78.1 Å². The molecule has 8 heteroatoms. The van der Waals surface area contributed by atoms with Gasteiger partial charge in [0.1, 0.15) is 5.75 Å². The molecule has 8 nitrogen and oxygen atoms in total. The maximum absolute atomic E-state index is 12.3. The Morgan fingerprint density at radius 1 is 1.09 bits per heavy atom. The molecule has 1 aliphatic heterocycles. The van der Waals surface area contributed by atoms with Crippen LogP contribution in [0.5, 0.6) is 5.75 Å². The summed E-state index contributed by atoms with van der Waals surface area (Å²) in [5.74, 6) is 1.47. The van der Waals surface area contributed by atoms with E-state index in [1.807, 2.05) is 53.3 Å². The van der Waals surface area contributed by atoms with Crippen molar-refractivity contribution in [3.8, 4) is 5.75 Å². The molecule has 0 saturated carbocycles. The molecule has 0 atom stereocenters. The highest BCUT2D eigenvalue weighted by molar-refractivity contribution is 5.97. The summed E-state index contributed by atoms with van der Waals surface area (Å²) in [5, 5.41) is 11.0. The summed E-state index contributed by atoms with van der Waals surface area (Å²) >= 11 is 0. The Bertz CT molecular complexity index is 1060. The van der Waals surface area contributed by atoms with Crippen molar-refractivity contribution in [2.45, 2.75) is 19.5 Å². The lowest BCUT2D eigenvalue weighted by Gasteiger charge is -2.29. The smallest absolute Gasteiger partial charge is 0.265 e. The number of guanidine groups is 1. The highest BCUT2D eigenvalue weighted by Crippen LogP contribution is 2.31. The fourth-order valence-electron chi connectivity index (χ4n) is 3.70. The molecule has 2 aromatic carbocycles. The van der Waals surface area contributed by atoms with Crippen LogP contribution in [-0.4, -0.2) is 48.4 Å². The Morgan fingerprint density at radius 3 is 2.72 bits per heavy atom. The van der Waals surface area contributed by atoms with E-state index in [9.17, 15) is 4.79 Å². The summed E-state index contributed by atoms with van der Waals surface area (Å²) in [6, 6.07) is 17.9. The fraction of sp³-hybridized carbons (Fsp3) is 0.292. The van der Waals surface area contributed by atoms with Gasteiger partial charge in [-0.15, -0.1) is 0 Å². The molecule has 3 aromatic rings. The third-order valence-corrected chi connectivity index (χ3v) is 5.34. The third-order valence-electron chi connectivity index (χ3n) is 5.34. The second-order valence-electron chi connectivity index (χ2n) is 7.48. The lowest BCUT2D eigenvalue weighted by molar-refractivity contribution is -0.121. The van der Waals surface area contributed by atoms with Crippen LogP contribution in [0.2, 0.25) is 0 Å². The number of aromatic nitrogens is 2. The molecule has 4 rings (SSSR count). The van der Waals surface area contributed by atoms with Crippen LogP contribution in [0.1, 0.15) is 17.5 Å². The molecule has 166 valence electrons. The second kappa shape index (κ2) is 10.5. The minimum Gasteiger partial charge on any atom is -0.482 e. The van der Waals surface area contributed by atoms with E-state index in [2.05, 4.69) is 32.9 Å². The van der Waals surface area contributed by atoms with Crippen LogP contribution in [0, 0.1) is 0 Å². The molecule has 2 heterocycles. The molecule has 0 spiro atoms. The normalized spacial score (nSPS) is 13.5. The number of benzene rings is 2. The van der Waals surface area contributed by atoms with Crippen molar-refractivity contribution in [2.75, 3.05) is 31.6 Å². The average molecular weight is 433 g/mol. The summed E-state index contributed by atoms with van der Waals surface area (Å²) < 4.78 is 7.42. The van der Waals surface area contributed by atoms with Gasteiger partial charge in [0.05, 0.1) is 12.2 Å². The van der Waals surface area contributed by atoms with Gasteiger partial charge in [-0.25, -0.2) is 0 Å². The first-order valence-electron chi connectivity index (χ1n) is 10.8. The van der Waals surface area contributed by atoms with Crippen molar-refractivity contribution < 1.29 is 9.53 Å². The lowest BCUT2D eigenvalue weighted by Crippen LogP contribution is -2.42. The van der Waals surface area contributed by atoms with Crippen molar-refractivity contribution in [1.82, 2.24) is 20.4 Å². The number of carbonyl (C=O) groups is 1. The van der Waals surface area contributed by atoms with E-state index in [1.54, 1.807) is 18.1 Å². The maximum atomic E-state index is 12.3. The molecule has 1 amide bonds. The largest absolute Gasteiger partial charge is 0.482 e. The first-order chi connectivity index (χ1) is 15.7. The van der Waals surface area contributed by atoms with Crippen molar-refractivity contribution in [2.24, 2.45) is 4.99 Å². The highest BCUT2D eigenvalue weighted by Gasteiger charge is 2.24. The molecule has 0 saturated heterocycles. The van der Waals surface area contributed by atoms with Crippen molar-refractivity contribution in [3.63, 3.8) is 0 Å². The zero-order valence-corrected chi connectivity index (χ0v) is 18.2. The summed E-state index contributed by atoms with van der Waals surface area (Å²) in [6.45, 7) is 2.79. The number of anilines is 1. The first-order valence-corrected chi connectivity index (χ1v) is 10.8. The van der Waals surface area contributed by atoms with Gasteiger partial charge in [-0.05, 0) is 35.7 Å². The molecule has 0 aliphatic carbocycles. The molecule has 0 bridgehead atoms. The quantitative estimate of drug-likeness (QED) is 0.325. The molecule has 1 aromatic heterocycles. The second-order valence-corrected chi connectivity index (χ2v) is 7.48. The van der Waals surface area contributed by atoms with E-state index in [0.29, 0.717) is 19.6 Å². The zero-order chi connectivity index (χ0) is 22.2. The van der Waals surface area contributed by atoms with Crippen molar-refractivity contribution >= 4 is 17.6 Å². The lowest BCUT2D eigenvalue weighted by atomic mass is 10.1. The van der Waals surface area contributed by atoms with Gasteiger partial charge in [0.2, 0.25) is 0 Å². The van der Waals surface area contributed by atoms with Crippen LogP contribution in [0.3, 0.4) is 0 Å². The Labute approximate surface area is 187 Å². The Balaban J connectivity index is 1.26. The SMILES string of the molecule is CN=C(NCCCN1C(=O)COc2ccccc21)NCc1ccccc1Cn1cccn1. The maximum Gasteiger partial charge on any atom is 0.265 e. The molecule has 2 N–H and O–H groups in total. The molecular weight excluding hydrogens is 404 g/mol. The van der Waals surface area contributed by atoms with E-state index >= 15 is 0 Å². The number of nitrogens with zero attached hydrogens (tertiary/aromatic N) is 4. The summed E-state index contributed by atoms with van der Waals surface area (Å²) in [6.07, 6.45) is 4.54. The summed E-state index contributed by atoms with van der Waals surface area (Å²) in [4.78, 5) is 18.4. The van der Waals surface area contributed by atoms with Crippen LogP contribution in [0.4, 0.5) is 5.69 Å². The van der Waals surface area contributed by atoms with Crippen LogP contribution < -0.4 is 20.3 Å². The molecular formula is C24H28N6O2. The number of hydrogen-bond donors (Lipinski definition) is 2. The van der Waals surface area contributed by atoms with Gasteiger partial charge in [0.15, 0.2) is 12.6 Å². The predicted octanol–water partition coefficient (Wildman–Crippen LogP) is 2.41. The fourth-order valence-corrected chi connectivity index (χ4v) is 3.70. The monoisotopic (exact) mass is 432 g/mol. The third kappa shape index (κ3) is 5.26. The number of amides is 1. The van der Waals surface area contributed by atoms with E-state index < -0.39 is 0 Å². The number of fused-ring (bicyclic) bond motifs is 1. The number of ether oxygens (including phenoxy) is 1. The van der Waals surface area contributed by atoms with Gasteiger partial charge in [-0.2, -0.15) is 5.10 Å². The molecule has 0 unspecified atom stereocenters. The van der Waals surface area contributed by atoms with E-state index in [0.717, 1.165) is 30.4 Å². The van der Waals surface area contributed by atoms with Crippen LogP contribution in [0.15, 0.2) is 72.0 Å². The van der Waals surface area contributed by atoms with Crippen LogP contribution in [-0.2, 0) is 17.9 Å². The summed E-state index contributed by atoms with van der Waals surface area (Å²) in [5.41, 5.74) is 3.24. The molecule has 1 aliphatic rings. The van der Waals surface area contributed by atoms with E-state index in [4.69, 9.17) is 4.74 Å².